The van der Waals surface area contributed by atoms with Crippen molar-refractivity contribution in [3.05, 3.63) is 35.4 Å². The van der Waals surface area contributed by atoms with Crippen molar-refractivity contribution in [3.8, 4) is 0 Å². The van der Waals surface area contributed by atoms with E-state index in [1.807, 2.05) is 24.3 Å². The van der Waals surface area contributed by atoms with Crippen molar-refractivity contribution in [1.82, 2.24) is 0 Å². The summed E-state index contributed by atoms with van der Waals surface area (Å²) in [6, 6.07) is 7.97. The third kappa shape index (κ3) is 1.63. The quantitative estimate of drug-likeness (QED) is 0.725. The monoisotopic (exact) mass is 211 g/mol. The van der Waals surface area contributed by atoms with Crippen LogP contribution in [-0.4, -0.2) is 16.8 Å². The highest BCUT2D eigenvalue weighted by Gasteiger charge is 2.34. The maximum Gasteiger partial charge on any atom is 0.217 e. The van der Waals surface area contributed by atoms with Crippen LogP contribution in [0, 0.1) is 0 Å². The van der Waals surface area contributed by atoms with Crippen LogP contribution in [-0.2, 0) is 17.4 Å². The molecule has 0 aliphatic heterocycles. The van der Waals surface area contributed by atoms with Crippen LogP contribution in [0.2, 0.25) is 0 Å². The van der Waals surface area contributed by atoms with Crippen LogP contribution < -0.4 is 5.73 Å². The van der Waals surface area contributed by atoms with Gasteiger partial charge in [0.05, 0.1) is 6.29 Å². The Labute approximate surface area is 83.4 Å². The van der Waals surface area contributed by atoms with E-state index in [0.29, 0.717) is 12.8 Å². The summed E-state index contributed by atoms with van der Waals surface area (Å²) in [5.41, 5.74) is 7.54. The first-order valence-corrected chi connectivity index (χ1v) is 6.63. The van der Waals surface area contributed by atoms with Crippen molar-refractivity contribution in [2.24, 2.45) is 5.73 Å². The van der Waals surface area contributed by atoms with Gasteiger partial charge in [0.15, 0.2) is 0 Å². The van der Waals surface area contributed by atoms with Gasteiger partial charge in [0.2, 0.25) is 7.37 Å². The van der Waals surface area contributed by atoms with E-state index in [4.69, 9.17) is 5.73 Å². The van der Waals surface area contributed by atoms with Crippen LogP contribution in [0.4, 0.5) is 0 Å². The zero-order valence-electron chi connectivity index (χ0n) is 7.89. The lowest BCUT2D eigenvalue weighted by Gasteiger charge is -2.15. The summed E-state index contributed by atoms with van der Waals surface area (Å²) in [7, 11) is -3.13. The number of benzene rings is 1. The first-order valence-electron chi connectivity index (χ1n) is 4.72. The molecule has 0 bridgehead atoms. The molecule has 0 amide bonds. The molecule has 3 N–H and O–H groups in total. The van der Waals surface area contributed by atoms with Gasteiger partial charge in [-0.25, -0.2) is 0 Å². The summed E-state index contributed by atoms with van der Waals surface area (Å²) >= 11 is 0. The zero-order valence-corrected chi connectivity index (χ0v) is 8.78. The lowest BCUT2D eigenvalue weighted by Crippen LogP contribution is -2.14. The molecule has 0 saturated carbocycles. The van der Waals surface area contributed by atoms with Crippen LogP contribution in [0.15, 0.2) is 24.3 Å². The topological polar surface area (TPSA) is 63.3 Å². The average molecular weight is 211 g/mol. The molecular formula is C10H14NO2P. The molecule has 4 heteroatoms. The number of hydrogen-bond donors (Lipinski definition) is 2. The second kappa shape index (κ2) is 3.50. The maximum absolute atomic E-state index is 11.7. The molecule has 1 aliphatic rings. The van der Waals surface area contributed by atoms with Crippen molar-refractivity contribution in [2.75, 3.05) is 6.29 Å². The van der Waals surface area contributed by atoms with Gasteiger partial charge in [0.25, 0.3) is 0 Å². The highest BCUT2D eigenvalue weighted by Crippen LogP contribution is 2.49. The average Bonchev–Trinajstić information content (AvgIpc) is 2.61. The first-order chi connectivity index (χ1) is 6.63. The smallest absolute Gasteiger partial charge is 0.217 e. The molecular weight excluding hydrogens is 197 g/mol. The summed E-state index contributed by atoms with van der Waals surface area (Å²) in [4.78, 5) is 9.63. The fraction of sp³-hybridized carbons (Fsp3) is 0.400. The first kappa shape index (κ1) is 9.91. The SMILES string of the molecule is NCP(=O)(O)C1Cc2ccccc2C1. The largest absolute Gasteiger partial charge is 0.343 e. The Bertz CT molecular complexity index is 366. The third-order valence-corrected chi connectivity index (χ3v) is 4.89. The van der Waals surface area contributed by atoms with Crippen molar-refractivity contribution in [1.29, 1.82) is 0 Å². The lowest BCUT2D eigenvalue weighted by molar-refractivity contribution is 0.463. The third-order valence-electron chi connectivity index (χ3n) is 2.86. The van der Waals surface area contributed by atoms with E-state index in [2.05, 4.69) is 0 Å². The second-order valence-corrected chi connectivity index (χ2v) is 6.38. The maximum atomic E-state index is 11.7. The van der Waals surface area contributed by atoms with E-state index in [9.17, 15) is 9.46 Å². The van der Waals surface area contributed by atoms with Gasteiger partial charge in [0.1, 0.15) is 0 Å². The minimum atomic E-state index is -3.13. The minimum absolute atomic E-state index is 0.106. The van der Waals surface area contributed by atoms with Gasteiger partial charge in [-0.1, -0.05) is 24.3 Å². The van der Waals surface area contributed by atoms with E-state index in [1.54, 1.807) is 0 Å². The van der Waals surface area contributed by atoms with Crippen LogP contribution in [0.1, 0.15) is 11.1 Å². The van der Waals surface area contributed by atoms with Gasteiger partial charge >= 0.3 is 0 Å². The molecule has 1 atom stereocenters. The van der Waals surface area contributed by atoms with E-state index >= 15 is 0 Å². The van der Waals surface area contributed by atoms with Crippen molar-refractivity contribution in [2.45, 2.75) is 18.5 Å². The molecule has 76 valence electrons. The van der Waals surface area contributed by atoms with Gasteiger partial charge in [-0.05, 0) is 24.0 Å². The fourth-order valence-corrected chi connectivity index (χ4v) is 3.23. The summed E-state index contributed by atoms with van der Waals surface area (Å²) in [6.45, 7) is 0. The number of fused-ring (bicyclic) bond motifs is 1. The van der Waals surface area contributed by atoms with Crippen molar-refractivity contribution in [3.63, 3.8) is 0 Å². The Morgan fingerprint density at radius 3 is 2.29 bits per heavy atom. The highest BCUT2D eigenvalue weighted by atomic mass is 31.2. The van der Waals surface area contributed by atoms with E-state index in [0.717, 1.165) is 0 Å². The molecule has 0 radical (unpaired) electrons. The van der Waals surface area contributed by atoms with E-state index < -0.39 is 7.37 Å². The highest BCUT2D eigenvalue weighted by molar-refractivity contribution is 7.58. The molecule has 1 aromatic carbocycles. The Morgan fingerprint density at radius 1 is 1.36 bits per heavy atom. The summed E-state index contributed by atoms with van der Waals surface area (Å²) in [6.07, 6.45) is 1.29. The predicted octanol–water partition coefficient (Wildman–Crippen LogP) is 1.34. The zero-order chi connectivity index (χ0) is 10.2. The number of rotatable bonds is 2. The Morgan fingerprint density at radius 2 is 1.86 bits per heavy atom. The molecule has 0 fully saturated rings. The number of hydrogen-bond acceptors (Lipinski definition) is 2. The normalized spacial score (nSPS) is 20.4. The summed E-state index contributed by atoms with van der Waals surface area (Å²) in [5, 5.41) is 0. The predicted molar refractivity (Wildman–Crippen MR) is 56.5 cm³/mol. The molecule has 1 unspecified atom stereocenters. The lowest BCUT2D eigenvalue weighted by atomic mass is 10.1. The van der Waals surface area contributed by atoms with Gasteiger partial charge in [-0.2, -0.15) is 0 Å². The number of nitrogens with two attached hydrogens (primary N) is 1. The molecule has 0 aromatic heterocycles. The van der Waals surface area contributed by atoms with Crippen LogP contribution >= 0.6 is 7.37 Å². The van der Waals surface area contributed by atoms with Crippen molar-refractivity contribution < 1.29 is 9.46 Å². The molecule has 0 saturated heterocycles. The van der Waals surface area contributed by atoms with Gasteiger partial charge < -0.3 is 10.6 Å². The molecule has 2 rings (SSSR count). The van der Waals surface area contributed by atoms with Crippen LogP contribution in [0.25, 0.3) is 0 Å². The van der Waals surface area contributed by atoms with E-state index in [-0.39, 0.29) is 11.9 Å². The van der Waals surface area contributed by atoms with Crippen LogP contribution in [0.3, 0.4) is 0 Å². The standard InChI is InChI=1S/C10H14NO2P/c11-7-14(12,13)10-5-8-3-1-2-4-9(8)6-10/h1-4,10H,5-7,11H2,(H,12,13). The summed E-state index contributed by atoms with van der Waals surface area (Å²) in [5.74, 6) is 0. The van der Waals surface area contributed by atoms with Gasteiger partial charge in [-0.3, -0.25) is 4.57 Å². The second-order valence-electron chi connectivity index (χ2n) is 3.77. The van der Waals surface area contributed by atoms with Gasteiger partial charge in [0, 0.05) is 5.66 Å². The van der Waals surface area contributed by atoms with Gasteiger partial charge in [-0.15, -0.1) is 0 Å². The Kier molecular flexibility index (Phi) is 2.48. The summed E-state index contributed by atoms with van der Waals surface area (Å²) < 4.78 is 11.7. The molecule has 3 nitrogen and oxygen atoms in total. The molecule has 1 aromatic rings. The molecule has 0 heterocycles. The Hall–Kier alpha value is -0.630. The van der Waals surface area contributed by atoms with Crippen LogP contribution in [0.5, 0.6) is 0 Å². The molecule has 14 heavy (non-hydrogen) atoms. The Balaban J connectivity index is 2.24. The fourth-order valence-electron chi connectivity index (χ4n) is 1.97. The molecule has 0 spiro atoms. The van der Waals surface area contributed by atoms with Crippen molar-refractivity contribution >= 4 is 7.37 Å². The molecule has 1 aliphatic carbocycles. The van der Waals surface area contributed by atoms with E-state index in [1.165, 1.54) is 11.1 Å². The minimum Gasteiger partial charge on any atom is -0.343 e.